The minimum Gasteiger partial charge on any atom is -0.487 e. The smallest absolute Gasteiger partial charge is 0.256 e. The number of benzene rings is 1. The number of tetrazole rings is 1. The summed E-state index contributed by atoms with van der Waals surface area (Å²) in [4.78, 5) is 20.4. The monoisotopic (exact) mass is 686 g/mol. The summed E-state index contributed by atoms with van der Waals surface area (Å²) in [6.45, 7) is 6.47. The van der Waals surface area contributed by atoms with Crippen LogP contribution in [0.5, 0.6) is 11.6 Å². The van der Waals surface area contributed by atoms with Gasteiger partial charge < -0.3 is 19.5 Å². The zero-order chi connectivity index (χ0) is 33.4. The van der Waals surface area contributed by atoms with E-state index in [1.54, 1.807) is 47.9 Å². The molecule has 5 aromatic rings. The molecule has 1 aliphatic carbocycles. The van der Waals surface area contributed by atoms with Crippen molar-refractivity contribution in [1.82, 2.24) is 54.8 Å². The largest absolute Gasteiger partial charge is 0.487 e. The van der Waals surface area contributed by atoms with Gasteiger partial charge in [-0.1, -0.05) is 17.7 Å². The van der Waals surface area contributed by atoms with Crippen LogP contribution in [-0.4, -0.2) is 99.9 Å². The summed E-state index contributed by atoms with van der Waals surface area (Å²) >= 11 is 6.46. The van der Waals surface area contributed by atoms with Gasteiger partial charge in [0.2, 0.25) is 5.95 Å². The van der Waals surface area contributed by atoms with Crippen LogP contribution in [0.1, 0.15) is 44.5 Å². The van der Waals surface area contributed by atoms with Crippen molar-refractivity contribution in [1.29, 1.82) is 0 Å². The molecule has 5 heterocycles. The van der Waals surface area contributed by atoms with E-state index in [1.807, 2.05) is 29.9 Å². The van der Waals surface area contributed by atoms with Crippen LogP contribution >= 0.6 is 11.6 Å². The lowest BCUT2D eigenvalue weighted by Crippen LogP contribution is -2.45. The van der Waals surface area contributed by atoms with Gasteiger partial charge >= 0.3 is 0 Å². The van der Waals surface area contributed by atoms with Crippen molar-refractivity contribution >= 4 is 23.2 Å². The summed E-state index contributed by atoms with van der Waals surface area (Å²) in [6.07, 6.45) is 15.3. The first-order valence-corrected chi connectivity index (χ1v) is 17.0. The first-order chi connectivity index (χ1) is 24.1. The van der Waals surface area contributed by atoms with E-state index in [-0.39, 0.29) is 12.1 Å². The van der Waals surface area contributed by atoms with Gasteiger partial charge in [-0.05, 0) is 66.8 Å². The molecule has 256 valence electrons. The fourth-order valence-corrected chi connectivity index (χ4v) is 6.46. The molecule has 7 rings (SSSR count). The zero-order valence-electron chi connectivity index (χ0n) is 27.3. The number of hydrogen-bond acceptors (Lipinski definition) is 13. The fraction of sp³-hybridized carbons (Fsp3) is 0.455. The van der Waals surface area contributed by atoms with Crippen molar-refractivity contribution in [2.75, 3.05) is 38.2 Å². The molecule has 49 heavy (non-hydrogen) atoms. The maximum atomic E-state index is 6.46. The number of anilines is 2. The average Bonchev–Trinajstić information content (AvgIpc) is 3.80. The number of nitrogens with zero attached hydrogens (tertiary/aromatic N) is 11. The van der Waals surface area contributed by atoms with Gasteiger partial charge in [0.1, 0.15) is 29.7 Å². The zero-order valence-corrected chi connectivity index (χ0v) is 28.1. The summed E-state index contributed by atoms with van der Waals surface area (Å²) in [7, 11) is 0. The Morgan fingerprint density at radius 1 is 1.00 bits per heavy atom. The van der Waals surface area contributed by atoms with Crippen LogP contribution in [0.3, 0.4) is 0 Å². The average molecular weight is 687 g/mol. The van der Waals surface area contributed by atoms with Gasteiger partial charge in [0, 0.05) is 55.9 Å². The Hall–Kier alpha value is -4.73. The van der Waals surface area contributed by atoms with E-state index in [1.165, 1.54) is 0 Å². The molecule has 0 radical (unpaired) electrons. The third-order valence-electron chi connectivity index (χ3n) is 8.81. The first kappa shape index (κ1) is 32.8. The highest BCUT2D eigenvalue weighted by Gasteiger charge is 2.29. The molecule has 1 aliphatic heterocycles. The van der Waals surface area contributed by atoms with Crippen LogP contribution in [0.15, 0.2) is 61.6 Å². The summed E-state index contributed by atoms with van der Waals surface area (Å²) in [5.74, 6) is 2.19. The summed E-state index contributed by atoms with van der Waals surface area (Å²) in [5, 5.41) is 20.0. The predicted octanol–water partition coefficient (Wildman–Crippen LogP) is 4.42. The number of halogens is 1. The lowest BCUT2D eigenvalue weighted by Gasteiger charge is -2.38. The molecule has 0 spiro atoms. The van der Waals surface area contributed by atoms with Crippen LogP contribution in [0, 0.1) is 0 Å². The second-order valence-corrected chi connectivity index (χ2v) is 12.6. The Morgan fingerprint density at radius 2 is 1.78 bits per heavy atom. The highest BCUT2D eigenvalue weighted by atomic mass is 35.5. The maximum Gasteiger partial charge on any atom is 0.256 e. The molecule has 1 aromatic carbocycles. The number of morpholine rings is 1. The third-order valence-corrected chi connectivity index (χ3v) is 9.12. The Labute approximate surface area is 289 Å². The minimum absolute atomic E-state index is 0.212. The van der Waals surface area contributed by atoms with Gasteiger partial charge in [0.25, 0.3) is 5.88 Å². The van der Waals surface area contributed by atoms with Gasteiger partial charge in [-0.3, -0.25) is 9.58 Å². The molecule has 2 aliphatic rings. The Morgan fingerprint density at radius 3 is 2.53 bits per heavy atom. The van der Waals surface area contributed by atoms with Gasteiger partial charge in [-0.15, -0.1) is 10.2 Å². The summed E-state index contributed by atoms with van der Waals surface area (Å²) in [6, 6.07) is 8.28. The minimum atomic E-state index is -0.212. The number of rotatable bonds is 13. The number of ether oxygens (including phenoxy) is 3. The molecule has 1 saturated heterocycles. The van der Waals surface area contributed by atoms with Gasteiger partial charge in [0.05, 0.1) is 43.6 Å². The molecular weight excluding hydrogens is 648 g/mol. The molecule has 0 bridgehead atoms. The third kappa shape index (κ3) is 8.47. The summed E-state index contributed by atoms with van der Waals surface area (Å²) in [5.41, 5.74) is 2.39. The predicted molar refractivity (Wildman–Crippen MR) is 181 cm³/mol. The van der Waals surface area contributed by atoms with E-state index in [0.717, 1.165) is 68.9 Å². The Balaban J connectivity index is 1.03. The quantitative estimate of drug-likeness (QED) is 0.186. The number of aromatic nitrogens is 10. The SMILES string of the molecule is CC(Cn1cnnn1)Oc1cc(-c2cnc(Nc3cn(C4CCC(N5CCOCC5)CC4)nc3OCCc3ncccn3)nc2)ccc1Cl. The van der Waals surface area contributed by atoms with E-state index in [9.17, 15) is 0 Å². The Kier molecular flexibility index (Phi) is 10.5. The standard InChI is InChI=1S/C33H39ClN12O3/c1-23(20-45-22-39-42-43-45)49-30-17-24(3-8-28(30)34)25-18-37-33(38-19-25)40-29-21-46(41-32(29)48-14-9-31-35-10-2-11-36-31)27-6-4-26(5-7-27)44-12-15-47-16-13-44/h2-3,8,10-11,17-19,21-23,26-27H,4-7,9,12-16,20H2,1H3,(H,37,38,40). The van der Waals surface area contributed by atoms with Crippen LogP contribution in [0.4, 0.5) is 11.6 Å². The van der Waals surface area contributed by atoms with Crippen molar-refractivity contribution in [3.63, 3.8) is 0 Å². The van der Waals surface area contributed by atoms with E-state index in [2.05, 4.69) is 45.7 Å². The molecule has 1 unspecified atom stereocenters. The first-order valence-electron chi connectivity index (χ1n) is 16.6. The number of hydrogen-bond donors (Lipinski definition) is 1. The van der Waals surface area contributed by atoms with Crippen LogP contribution in [0.2, 0.25) is 5.02 Å². The molecule has 1 atom stereocenters. The highest BCUT2D eigenvalue weighted by molar-refractivity contribution is 6.32. The molecule has 1 saturated carbocycles. The van der Waals surface area contributed by atoms with E-state index in [4.69, 9.17) is 30.9 Å². The number of nitrogens with one attached hydrogen (secondary N) is 1. The molecular formula is C33H39ClN12O3. The van der Waals surface area contributed by atoms with Gasteiger partial charge in [0.15, 0.2) is 0 Å². The fourth-order valence-electron chi connectivity index (χ4n) is 6.30. The van der Waals surface area contributed by atoms with E-state index >= 15 is 0 Å². The van der Waals surface area contributed by atoms with Crippen LogP contribution in [0.25, 0.3) is 11.1 Å². The lowest BCUT2D eigenvalue weighted by molar-refractivity contribution is 0.00503. The second-order valence-electron chi connectivity index (χ2n) is 12.2. The topological polar surface area (TPSA) is 156 Å². The van der Waals surface area contributed by atoms with E-state index < -0.39 is 0 Å². The van der Waals surface area contributed by atoms with Crippen LogP contribution in [-0.2, 0) is 17.7 Å². The van der Waals surface area contributed by atoms with Gasteiger partial charge in [-0.2, -0.15) is 0 Å². The molecule has 16 heteroatoms. The van der Waals surface area contributed by atoms with Gasteiger partial charge in [-0.25, -0.2) is 24.6 Å². The Bertz CT molecular complexity index is 1760. The van der Waals surface area contributed by atoms with E-state index in [0.29, 0.717) is 53.9 Å². The van der Waals surface area contributed by atoms with Crippen molar-refractivity contribution in [3.8, 4) is 22.8 Å². The maximum absolute atomic E-state index is 6.46. The second kappa shape index (κ2) is 15.7. The molecule has 0 amide bonds. The van der Waals surface area contributed by atoms with Crippen molar-refractivity contribution in [2.24, 2.45) is 0 Å². The summed E-state index contributed by atoms with van der Waals surface area (Å²) < 4.78 is 21.5. The van der Waals surface area contributed by atoms with Crippen molar-refractivity contribution < 1.29 is 14.2 Å². The lowest BCUT2D eigenvalue weighted by atomic mass is 9.90. The molecule has 2 fully saturated rings. The molecule has 4 aromatic heterocycles. The highest BCUT2D eigenvalue weighted by Crippen LogP contribution is 2.35. The molecule has 1 N–H and O–H groups in total. The normalized spacial score (nSPS) is 19.0. The van der Waals surface area contributed by atoms with Crippen LogP contribution < -0.4 is 14.8 Å². The molecule has 15 nitrogen and oxygen atoms in total. The van der Waals surface area contributed by atoms with Crippen molar-refractivity contribution in [2.45, 2.75) is 63.8 Å². The van der Waals surface area contributed by atoms with Crippen molar-refractivity contribution in [3.05, 3.63) is 72.4 Å².